The predicted octanol–water partition coefficient (Wildman–Crippen LogP) is 0.647. The summed E-state index contributed by atoms with van der Waals surface area (Å²) < 4.78 is 12.3. The third-order valence-corrected chi connectivity index (χ3v) is 4.60. The third kappa shape index (κ3) is 3.99. The highest BCUT2D eigenvalue weighted by molar-refractivity contribution is 14.1. The van der Waals surface area contributed by atoms with Crippen molar-refractivity contribution < 1.29 is 19.4 Å². The van der Waals surface area contributed by atoms with Gasteiger partial charge in [-0.25, -0.2) is 9.59 Å². The van der Waals surface area contributed by atoms with Crippen LogP contribution >= 0.6 is 22.6 Å². The topological polar surface area (TPSA) is 111 Å². The van der Waals surface area contributed by atoms with Gasteiger partial charge >= 0.3 is 11.7 Å². The van der Waals surface area contributed by atoms with E-state index in [0.29, 0.717) is 9.13 Å². The number of carbonyl (C=O) groups is 1. The molecule has 1 saturated heterocycles. The molecule has 25 heavy (non-hydrogen) atoms. The molecule has 0 radical (unpaired) electrons. The van der Waals surface area contributed by atoms with Gasteiger partial charge in [-0.15, -0.1) is 0 Å². The molecule has 132 valence electrons. The molecule has 1 aliphatic rings. The van der Waals surface area contributed by atoms with Crippen LogP contribution in [0, 0.1) is 3.57 Å². The van der Waals surface area contributed by atoms with Gasteiger partial charge in [-0.2, -0.15) is 0 Å². The van der Waals surface area contributed by atoms with Crippen LogP contribution in [-0.2, 0) is 9.47 Å². The minimum Gasteiger partial charge on any atom is -0.459 e. The van der Waals surface area contributed by atoms with Crippen LogP contribution in [0.2, 0.25) is 0 Å². The summed E-state index contributed by atoms with van der Waals surface area (Å²) in [5.74, 6) is -0.518. The van der Waals surface area contributed by atoms with Crippen LogP contribution < -0.4 is 11.2 Å². The monoisotopic (exact) mass is 458 g/mol. The fourth-order valence-electron chi connectivity index (χ4n) is 2.53. The number of esters is 1. The number of nitrogens with one attached hydrogen (secondary N) is 1. The predicted molar refractivity (Wildman–Crippen MR) is 95.3 cm³/mol. The SMILES string of the molecule is O=C(OC[C@H]1O[C@@H](n2cc(I)c(=O)[nH]c2=O)C[C@@H]1O)c1ccccc1. The van der Waals surface area contributed by atoms with Crippen molar-refractivity contribution in [3.8, 4) is 0 Å². The van der Waals surface area contributed by atoms with Crippen LogP contribution in [0.1, 0.15) is 23.0 Å². The van der Waals surface area contributed by atoms with Gasteiger partial charge in [0.2, 0.25) is 0 Å². The summed E-state index contributed by atoms with van der Waals surface area (Å²) in [4.78, 5) is 37.4. The zero-order chi connectivity index (χ0) is 18.0. The molecular weight excluding hydrogens is 443 g/mol. The number of hydrogen-bond acceptors (Lipinski definition) is 6. The van der Waals surface area contributed by atoms with Gasteiger partial charge in [-0.3, -0.25) is 14.3 Å². The average molecular weight is 458 g/mol. The fraction of sp³-hybridized carbons (Fsp3) is 0.312. The number of H-pyrrole nitrogens is 1. The van der Waals surface area contributed by atoms with Crippen molar-refractivity contribution in [3.05, 3.63) is 66.5 Å². The molecule has 1 aromatic heterocycles. The lowest BCUT2D eigenvalue weighted by Crippen LogP contribution is -2.33. The van der Waals surface area contributed by atoms with Gasteiger partial charge < -0.3 is 14.6 Å². The normalized spacial score (nSPS) is 22.7. The maximum absolute atomic E-state index is 11.9. The Balaban J connectivity index is 1.66. The number of ether oxygens (including phenoxy) is 2. The Hall–Kier alpha value is -1.98. The Morgan fingerprint density at radius 1 is 1.36 bits per heavy atom. The van der Waals surface area contributed by atoms with Gasteiger partial charge in [0.1, 0.15) is 18.9 Å². The first-order valence-electron chi connectivity index (χ1n) is 7.52. The zero-order valence-corrected chi connectivity index (χ0v) is 15.1. The van der Waals surface area contributed by atoms with E-state index in [1.54, 1.807) is 52.9 Å². The van der Waals surface area contributed by atoms with E-state index in [2.05, 4.69) is 4.98 Å². The van der Waals surface area contributed by atoms with E-state index in [1.165, 1.54) is 10.8 Å². The summed E-state index contributed by atoms with van der Waals surface area (Å²) >= 11 is 1.80. The van der Waals surface area contributed by atoms with E-state index in [4.69, 9.17) is 9.47 Å². The molecule has 3 rings (SSSR count). The van der Waals surface area contributed by atoms with Crippen LogP contribution in [0.5, 0.6) is 0 Å². The van der Waals surface area contributed by atoms with Gasteiger partial charge in [0.15, 0.2) is 0 Å². The molecule has 1 fully saturated rings. The summed E-state index contributed by atoms with van der Waals surface area (Å²) in [5.41, 5.74) is -0.698. The molecule has 0 bridgehead atoms. The number of carbonyl (C=O) groups excluding carboxylic acids is 1. The van der Waals surface area contributed by atoms with Crippen LogP contribution in [-0.4, -0.2) is 39.4 Å². The molecule has 0 aliphatic carbocycles. The van der Waals surface area contributed by atoms with E-state index in [1.807, 2.05) is 0 Å². The smallest absolute Gasteiger partial charge is 0.338 e. The van der Waals surface area contributed by atoms with Gasteiger partial charge in [0, 0.05) is 12.6 Å². The number of benzene rings is 1. The molecule has 1 aromatic carbocycles. The molecule has 2 N–H and O–H groups in total. The second-order valence-corrected chi connectivity index (χ2v) is 6.70. The van der Waals surface area contributed by atoms with Crippen LogP contribution in [0.25, 0.3) is 0 Å². The Labute approximate surface area is 155 Å². The van der Waals surface area contributed by atoms with Crippen molar-refractivity contribution in [2.24, 2.45) is 0 Å². The minimum atomic E-state index is -0.898. The van der Waals surface area contributed by atoms with Crippen LogP contribution in [0.3, 0.4) is 0 Å². The first-order chi connectivity index (χ1) is 12.0. The van der Waals surface area contributed by atoms with E-state index in [-0.39, 0.29) is 13.0 Å². The summed E-state index contributed by atoms with van der Waals surface area (Å²) in [6, 6.07) is 8.47. The molecule has 0 spiro atoms. The number of aliphatic hydroxyl groups excluding tert-OH is 1. The van der Waals surface area contributed by atoms with E-state index >= 15 is 0 Å². The molecule has 3 atom stereocenters. The maximum Gasteiger partial charge on any atom is 0.338 e. The lowest BCUT2D eigenvalue weighted by Gasteiger charge is -2.16. The lowest BCUT2D eigenvalue weighted by atomic mass is 10.2. The van der Waals surface area contributed by atoms with E-state index < -0.39 is 35.7 Å². The molecule has 9 heteroatoms. The maximum atomic E-state index is 11.9. The number of nitrogens with zero attached hydrogens (tertiary/aromatic N) is 1. The molecule has 2 aromatic rings. The van der Waals surface area contributed by atoms with Crippen molar-refractivity contribution in [1.29, 1.82) is 0 Å². The highest BCUT2D eigenvalue weighted by atomic mass is 127. The fourth-order valence-corrected chi connectivity index (χ4v) is 2.96. The first-order valence-corrected chi connectivity index (χ1v) is 8.60. The minimum absolute atomic E-state index is 0.138. The quantitative estimate of drug-likeness (QED) is 0.515. The van der Waals surface area contributed by atoms with Gasteiger partial charge in [0.05, 0.1) is 15.2 Å². The summed E-state index contributed by atoms with van der Waals surface area (Å²) in [7, 11) is 0. The van der Waals surface area contributed by atoms with Crippen molar-refractivity contribution in [1.82, 2.24) is 9.55 Å². The number of aromatic amines is 1. The Morgan fingerprint density at radius 3 is 2.80 bits per heavy atom. The summed E-state index contributed by atoms with van der Waals surface area (Å²) in [6.45, 7) is -0.138. The molecule has 0 unspecified atom stereocenters. The van der Waals surface area contributed by atoms with Gasteiger partial charge in [0.25, 0.3) is 5.56 Å². The lowest BCUT2D eigenvalue weighted by molar-refractivity contribution is -0.0532. The molecule has 8 nitrogen and oxygen atoms in total. The Morgan fingerprint density at radius 2 is 2.08 bits per heavy atom. The molecule has 1 aliphatic heterocycles. The number of aliphatic hydroxyl groups is 1. The highest BCUT2D eigenvalue weighted by Gasteiger charge is 2.36. The number of hydrogen-bond donors (Lipinski definition) is 2. The molecule has 0 saturated carbocycles. The van der Waals surface area contributed by atoms with Gasteiger partial charge in [-0.1, -0.05) is 18.2 Å². The molecule has 0 amide bonds. The van der Waals surface area contributed by atoms with Crippen LogP contribution in [0.4, 0.5) is 0 Å². The van der Waals surface area contributed by atoms with E-state index in [0.717, 1.165) is 0 Å². The number of halogens is 1. The van der Waals surface area contributed by atoms with E-state index in [9.17, 15) is 19.5 Å². The van der Waals surface area contributed by atoms with Crippen molar-refractivity contribution in [3.63, 3.8) is 0 Å². The Bertz CT molecular complexity index is 878. The third-order valence-electron chi connectivity index (χ3n) is 3.83. The molecule has 2 heterocycles. The zero-order valence-electron chi connectivity index (χ0n) is 12.9. The van der Waals surface area contributed by atoms with Crippen molar-refractivity contribution in [2.75, 3.05) is 6.61 Å². The highest BCUT2D eigenvalue weighted by Crippen LogP contribution is 2.28. The molecular formula is C16H15IN2O6. The number of rotatable bonds is 4. The standard InChI is InChI=1S/C16H15IN2O6/c17-10-7-19(16(23)18-14(10)21)13-6-11(20)12(25-13)8-24-15(22)9-4-2-1-3-5-9/h1-5,7,11-13,20H,6,8H2,(H,18,21,23)/t11-,12+,13+/m0/s1. The number of aromatic nitrogens is 2. The van der Waals surface area contributed by atoms with Crippen molar-refractivity contribution in [2.45, 2.75) is 24.9 Å². The van der Waals surface area contributed by atoms with Crippen molar-refractivity contribution >= 4 is 28.6 Å². The second kappa shape index (κ2) is 7.50. The largest absolute Gasteiger partial charge is 0.459 e. The average Bonchev–Trinajstić information content (AvgIpc) is 2.97. The van der Waals surface area contributed by atoms with Crippen LogP contribution in [0.15, 0.2) is 46.1 Å². The summed E-state index contributed by atoms with van der Waals surface area (Å²) in [6.07, 6.45) is -0.875. The first kappa shape index (κ1) is 17.8. The summed E-state index contributed by atoms with van der Waals surface area (Å²) in [5, 5.41) is 10.1. The Kier molecular flexibility index (Phi) is 5.35. The van der Waals surface area contributed by atoms with Gasteiger partial charge in [-0.05, 0) is 34.7 Å². The second-order valence-electron chi connectivity index (χ2n) is 5.54.